The molecule has 1 aromatic heterocycles. The fraction of sp³-hybridized carbons (Fsp3) is 0.167. The number of carboxylic acids is 1. The Bertz CT molecular complexity index is 1570. The van der Waals surface area contributed by atoms with Crippen LogP contribution in [-0.4, -0.2) is 35.0 Å². The molecule has 0 aliphatic rings. The Morgan fingerprint density at radius 3 is 2.37 bits per heavy atom. The van der Waals surface area contributed by atoms with E-state index in [1.807, 2.05) is 30.3 Å². The number of methoxy groups -OCH3 is 1. The molecule has 9 nitrogen and oxygen atoms in total. The number of nitrogens with zero attached hydrogens (tertiary/aromatic N) is 1. The Morgan fingerprint density at radius 2 is 1.71 bits per heavy atom. The van der Waals surface area contributed by atoms with Crippen molar-refractivity contribution in [1.29, 1.82) is 5.41 Å². The number of carbonyl (C=O) groups is 1. The summed E-state index contributed by atoms with van der Waals surface area (Å²) in [5.41, 5.74) is 6.05. The van der Waals surface area contributed by atoms with E-state index in [1.54, 1.807) is 19.1 Å². The number of hydrogen-bond acceptors (Lipinski definition) is 7. The van der Waals surface area contributed by atoms with Gasteiger partial charge >= 0.3 is 5.97 Å². The molecule has 1 unspecified atom stereocenters. The molecule has 212 valence electrons. The Balaban J connectivity index is 1.72. The number of rotatable bonds is 12. The van der Waals surface area contributed by atoms with Crippen LogP contribution in [0.25, 0.3) is 0 Å². The molecule has 5 N–H and O–H groups in total. The van der Waals surface area contributed by atoms with Crippen molar-refractivity contribution in [1.82, 2.24) is 4.98 Å². The smallest absolute Gasteiger partial charge is 0.339 e. The third kappa shape index (κ3) is 7.07. The predicted octanol–water partition coefficient (Wildman–Crippen LogP) is 6.37. The van der Waals surface area contributed by atoms with Crippen molar-refractivity contribution in [2.45, 2.75) is 25.8 Å². The monoisotopic (exact) mass is 562 g/mol. The van der Waals surface area contributed by atoms with Gasteiger partial charge in [-0.15, -0.1) is 0 Å². The minimum absolute atomic E-state index is 0.0837. The third-order valence-corrected chi connectivity index (χ3v) is 6.10. The first-order valence-electron chi connectivity index (χ1n) is 12.6. The molecular formula is C30H28F2N4O5. The first-order chi connectivity index (χ1) is 19.7. The highest BCUT2D eigenvalue weighted by molar-refractivity contribution is 5.95. The van der Waals surface area contributed by atoms with Gasteiger partial charge in [0.2, 0.25) is 11.6 Å². The number of amidine groups is 1. The highest BCUT2D eigenvalue weighted by Crippen LogP contribution is 2.38. The van der Waals surface area contributed by atoms with Gasteiger partial charge in [0.05, 0.1) is 7.11 Å². The zero-order chi connectivity index (χ0) is 29.5. The zero-order valence-electron chi connectivity index (χ0n) is 22.3. The van der Waals surface area contributed by atoms with E-state index in [2.05, 4.69) is 10.3 Å². The number of aromatic carboxylic acids is 1. The topological polar surface area (TPSA) is 140 Å². The summed E-state index contributed by atoms with van der Waals surface area (Å²) < 4.78 is 47.7. The average Bonchev–Trinajstić information content (AvgIpc) is 2.97. The first-order valence-corrected chi connectivity index (χ1v) is 12.6. The minimum Gasteiger partial charge on any atom is -0.497 e. The number of aromatic nitrogens is 1. The van der Waals surface area contributed by atoms with Gasteiger partial charge in [-0.05, 0) is 55.7 Å². The number of benzene rings is 3. The highest BCUT2D eigenvalue weighted by atomic mass is 19.1. The SMILES string of the molecule is COc1ccc(Oc2nc(Oc3cccc(C(=N)N)c3)c(F)c(NC(C)CCc3ccccc3)c2F)c(C(=O)O)c1. The van der Waals surface area contributed by atoms with Gasteiger partial charge in [-0.2, -0.15) is 13.8 Å². The first kappa shape index (κ1) is 28.8. The van der Waals surface area contributed by atoms with Crippen molar-refractivity contribution >= 4 is 17.5 Å². The van der Waals surface area contributed by atoms with E-state index in [0.717, 1.165) is 5.56 Å². The molecule has 0 bridgehead atoms. The second kappa shape index (κ2) is 12.8. The molecular weight excluding hydrogens is 534 g/mol. The standard InChI is InChI=1S/C30H28F2N4O5/c1-17(11-12-18-7-4-3-5-8-18)35-26-24(31)28(40-21-10-6-9-19(15-21)27(33)34)36-29(25(26)32)41-23-14-13-20(39-2)16-22(23)30(37)38/h3-10,13-17H,11-12H2,1-2H3,(H3,33,34)(H,35,36)(H,37,38). The summed E-state index contributed by atoms with van der Waals surface area (Å²) in [7, 11) is 1.37. The van der Waals surface area contributed by atoms with Gasteiger partial charge < -0.3 is 30.4 Å². The number of anilines is 1. The number of nitrogen functional groups attached to an aromatic ring is 1. The van der Waals surface area contributed by atoms with Crippen LogP contribution in [0.1, 0.15) is 34.8 Å². The fourth-order valence-corrected chi connectivity index (χ4v) is 3.94. The Kier molecular flexibility index (Phi) is 8.98. The molecule has 1 heterocycles. The third-order valence-electron chi connectivity index (χ3n) is 6.10. The highest BCUT2D eigenvalue weighted by Gasteiger charge is 2.26. The van der Waals surface area contributed by atoms with Crippen LogP contribution in [0, 0.1) is 17.0 Å². The molecule has 0 aliphatic heterocycles. The lowest BCUT2D eigenvalue weighted by molar-refractivity contribution is 0.0693. The molecule has 0 saturated carbocycles. The van der Waals surface area contributed by atoms with E-state index in [4.69, 9.17) is 25.4 Å². The number of halogens is 2. The van der Waals surface area contributed by atoms with E-state index in [0.29, 0.717) is 18.4 Å². The van der Waals surface area contributed by atoms with Gasteiger partial charge in [-0.25, -0.2) is 4.79 Å². The van der Waals surface area contributed by atoms with E-state index in [1.165, 1.54) is 37.4 Å². The molecule has 1 atom stereocenters. The molecule has 0 saturated heterocycles. The number of carboxylic acid groups (broad SMARTS) is 1. The molecule has 4 rings (SSSR count). The maximum atomic E-state index is 15.7. The van der Waals surface area contributed by atoms with Gasteiger partial charge in [0.15, 0.2) is 0 Å². The quantitative estimate of drug-likeness (QED) is 0.115. The van der Waals surface area contributed by atoms with Crippen LogP contribution in [0.3, 0.4) is 0 Å². The summed E-state index contributed by atoms with van der Waals surface area (Å²) in [5.74, 6) is -5.15. The van der Waals surface area contributed by atoms with Crippen LogP contribution < -0.4 is 25.3 Å². The maximum Gasteiger partial charge on any atom is 0.339 e. The molecule has 0 amide bonds. The molecule has 0 aliphatic carbocycles. The Labute approximate surface area is 235 Å². The van der Waals surface area contributed by atoms with Crippen LogP contribution in [-0.2, 0) is 6.42 Å². The summed E-state index contributed by atoms with van der Waals surface area (Å²) >= 11 is 0. The normalized spacial score (nSPS) is 11.4. The fourth-order valence-electron chi connectivity index (χ4n) is 3.94. The lowest BCUT2D eigenvalue weighted by Crippen LogP contribution is -2.19. The molecule has 11 heteroatoms. The number of aryl methyl sites for hydroxylation is 1. The number of ether oxygens (including phenoxy) is 3. The maximum absolute atomic E-state index is 15.7. The Hall–Kier alpha value is -5.19. The summed E-state index contributed by atoms with van der Waals surface area (Å²) in [4.78, 5) is 15.7. The van der Waals surface area contributed by atoms with Crippen molar-refractivity contribution in [3.63, 3.8) is 0 Å². The van der Waals surface area contributed by atoms with Gasteiger partial charge in [0.1, 0.15) is 34.3 Å². The Morgan fingerprint density at radius 1 is 1.00 bits per heavy atom. The lowest BCUT2D eigenvalue weighted by atomic mass is 10.1. The van der Waals surface area contributed by atoms with E-state index >= 15 is 8.78 Å². The van der Waals surface area contributed by atoms with Gasteiger partial charge in [0.25, 0.3) is 11.8 Å². The van der Waals surface area contributed by atoms with Crippen LogP contribution in [0.2, 0.25) is 0 Å². The number of pyridine rings is 1. The second-order valence-corrected chi connectivity index (χ2v) is 9.11. The summed E-state index contributed by atoms with van der Waals surface area (Å²) in [5, 5.41) is 20.1. The number of nitrogens with one attached hydrogen (secondary N) is 2. The molecule has 0 fully saturated rings. The second-order valence-electron chi connectivity index (χ2n) is 9.11. The summed E-state index contributed by atoms with van der Waals surface area (Å²) in [6.07, 6.45) is 1.20. The number of hydrogen-bond donors (Lipinski definition) is 4. The van der Waals surface area contributed by atoms with Gasteiger partial charge in [-0.3, -0.25) is 5.41 Å². The van der Waals surface area contributed by atoms with E-state index in [-0.39, 0.29) is 34.7 Å². The summed E-state index contributed by atoms with van der Waals surface area (Å²) in [6, 6.07) is 19.2. The van der Waals surface area contributed by atoms with Crippen molar-refractivity contribution in [2.75, 3.05) is 12.4 Å². The van der Waals surface area contributed by atoms with Crippen molar-refractivity contribution in [3.05, 3.63) is 101 Å². The van der Waals surface area contributed by atoms with E-state index < -0.39 is 35.1 Å². The molecule has 4 aromatic rings. The van der Waals surface area contributed by atoms with Crippen molar-refractivity contribution in [3.8, 4) is 29.0 Å². The van der Waals surface area contributed by atoms with Gasteiger partial charge in [-0.1, -0.05) is 42.5 Å². The molecule has 3 aromatic carbocycles. The number of nitrogens with two attached hydrogens (primary N) is 1. The van der Waals surface area contributed by atoms with Gasteiger partial charge in [0, 0.05) is 11.6 Å². The lowest BCUT2D eigenvalue weighted by Gasteiger charge is -2.19. The van der Waals surface area contributed by atoms with Crippen molar-refractivity contribution < 1.29 is 32.9 Å². The van der Waals surface area contributed by atoms with Crippen LogP contribution in [0.15, 0.2) is 72.8 Å². The van der Waals surface area contributed by atoms with Crippen LogP contribution in [0.5, 0.6) is 29.0 Å². The van der Waals surface area contributed by atoms with Crippen molar-refractivity contribution in [2.24, 2.45) is 5.73 Å². The largest absolute Gasteiger partial charge is 0.497 e. The van der Waals surface area contributed by atoms with Crippen LogP contribution in [0.4, 0.5) is 14.5 Å². The molecule has 0 spiro atoms. The minimum atomic E-state index is -1.35. The zero-order valence-corrected chi connectivity index (χ0v) is 22.3. The molecule has 41 heavy (non-hydrogen) atoms. The summed E-state index contributed by atoms with van der Waals surface area (Å²) in [6.45, 7) is 1.77. The predicted molar refractivity (Wildman–Crippen MR) is 150 cm³/mol. The average molecular weight is 563 g/mol. The van der Waals surface area contributed by atoms with E-state index in [9.17, 15) is 9.90 Å². The van der Waals surface area contributed by atoms with Crippen LogP contribution >= 0.6 is 0 Å². The molecule has 0 radical (unpaired) electrons.